The lowest BCUT2D eigenvalue weighted by molar-refractivity contribution is 0.0591. The Balaban J connectivity index is 2.87. The van der Waals surface area contributed by atoms with Crippen LogP contribution in [0.3, 0.4) is 0 Å². The monoisotopic (exact) mass is 222 g/mol. The molecule has 86 valence electrons. The Labute approximate surface area is 94.0 Å². The number of aromatic nitrogens is 1. The summed E-state index contributed by atoms with van der Waals surface area (Å²) in [7, 11) is 0. The first-order valence-corrected chi connectivity index (χ1v) is 4.70. The minimum Gasteiger partial charge on any atom is -0.443 e. The third kappa shape index (κ3) is 3.29. The van der Waals surface area contributed by atoms with Gasteiger partial charge in [0.05, 0.1) is 12.4 Å². The maximum absolute atomic E-state index is 11.8. The van der Waals surface area contributed by atoms with Crippen LogP contribution in [0, 0.1) is 0 Å². The fraction of sp³-hybridized carbons (Fsp3) is 0.364. The van der Waals surface area contributed by atoms with E-state index in [2.05, 4.69) is 17.3 Å². The number of carbonyl (C=O) groups is 1. The van der Waals surface area contributed by atoms with Crippen LogP contribution in [0.1, 0.15) is 20.8 Å². The third-order valence-corrected chi connectivity index (χ3v) is 1.47. The summed E-state index contributed by atoms with van der Waals surface area (Å²) in [4.78, 5) is 16.6. The molecule has 1 amide bonds. The van der Waals surface area contributed by atoms with Gasteiger partial charge in [0, 0.05) is 0 Å². The van der Waals surface area contributed by atoms with Crippen molar-refractivity contribution >= 4 is 12.0 Å². The van der Waals surface area contributed by atoms with Crippen molar-refractivity contribution in [2.24, 2.45) is 0 Å². The molecule has 5 heteroatoms. The number of oxazole rings is 1. The van der Waals surface area contributed by atoms with Gasteiger partial charge in [0.2, 0.25) is 5.88 Å². The fourth-order valence-electron chi connectivity index (χ4n) is 0.937. The number of nitrogens with zero attached hydrogens (tertiary/aromatic N) is 2. The number of amides is 1. The molecule has 0 N–H and O–H groups in total. The molecule has 1 rings (SSSR count). The van der Waals surface area contributed by atoms with Gasteiger partial charge >= 0.3 is 6.09 Å². The van der Waals surface area contributed by atoms with Crippen LogP contribution >= 0.6 is 0 Å². The van der Waals surface area contributed by atoms with Crippen molar-refractivity contribution in [1.82, 2.24) is 4.98 Å². The number of anilines is 1. The van der Waals surface area contributed by atoms with E-state index in [4.69, 9.17) is 9.15 Å². The molecule has 0 aliphatic heterocycles. The van der Waals surface area contributed by atoms with Crippen molar-refractivity contribution in [3.05, 3.63) is 31.1 Å². The van der Waals surface area contributed by atoms with Gasteiger partial charge in [-0.2, -0.15) is 0 Å². The molecule has 0 spiro atoms. The van der Waals surface area contributed by atoms with Crippen LogP contribution < -0.4 is 4.90 Å². The zero-order chi connectivity index (χ0) is 12.2. The molecule has 16 heavy (non-hydrogen) atoms. The standard InChI is InChI=1S/C11H14N2O3/c1-5-6-13(9-7-12-8-15-9)10(14)16-11(2,3)4/h6-8H,1H2,2-4H3. The van der Waals surface area contributed by atoms with Gasteiger partial charge in [-0.15, -0.1) is 5.73 Å². The third-order valence-electron chi connectivity index (χ3n) is 1.47. The SMILES string of the molecule is C=C=CN(C(=O)OC(C)(C)C)c1cnco1. The number of carbonyl (C=O) groups excluding carboxylic acids is 1. The van der Waals surface area contributed by atoms with Crippen LogP contribution in [-0.2, 0) is 4.74 Å². The van der Waals surface area contributed by atoms with E-state index < -0.39 is 11.7 Å². The molecule has 0 atom stereocenters. The van der Waals surface area contributed by atoms with Crippen LogP contribution in [0.5, 0.6) is 0 Å². The summed E-state index contributed by atoms with van der Waals surface area (Å²) in [5.41, 5.74) is 1.91. The average molecular weight is 222 g/mol. The van der Waals surface area contributed by atoms with Crippen LogP contribution in [0.4, 0.5) is 10.7 Å². The van der Waals surface area contributed by atoms with E-state index >= 15 is 0 Å². The molecule has 1 aromatic rings. The van der Waals surface area contributed by atoms with Gasteiger partial charge in [-0.1, -0.05) is 6.58 Å². The first-order valence-electron chi connectivity index (χ1n) is 4.70. The maximum Gasteiger partial charge on any atom is 0.421 e. The minimum absolute atomic E-state index is 0.255. The zero-order valence-corrected chi connectivity index (χ0v) is 9.56. The predicted octanol–water partition coefficient (Wildman–Crippen LogP) is 2.71. The van der Waals surface area contributed by atoms with Crippen molar-refractivity contribution in [2.45, 2.75) is 26.4 Å². The summed E-state index contributed by atoms with van der Waals surface area (Å²) in [6.07, 6.45) is 3.39. The highest BCUT2D eigenvalue weighted by Crippen LogP contribution is 2.17. The molecule has 0 aliphatic carbocycles. The molecule has 0 fully saturated rings. The average Bonchev–Trinajstić information content (AvgIpc) is 2.63. The molecule has 0 bridgehead atoms. The number of ether oxygens (including phenoxy) is 1. The topological polar surface area (TPSA) is 55.6 Å². The summed E-state index contributed by atoms with van der Waals surface area (Å²) in [5.74, 6) is 0.255. The lowest BCUT2D eigenvalue weighted by Crippen LogP contribution is -2.33. The van der Waals surface area contributed by atoms with Crippen molar-refractivity contribution < 1.29 is 13.9 Å². The fourth-order valence-corrected chi connectivity index (χ4v) is 0.937. The zero-order valence-electron chi connectivity index (χ0n) is 9.56. The lowest BCUT2D eigenvalue weighted by atomic mass is 10.2. The van der Waals surface area contributed by atoms with E-state index in [0.717, 1.165) is 4.90 Å². The van der Waals surface area contributed by atoms with Crippen LogP contribution in [0.15, 0.2) is 35.5 Å². The summed E-state index contributed by atoms with van der Waals surface area (Å²) in [6.45, 7) is 8.73. The van der Waals surface area contributed by atoms with Gasteiger partial charge in [-0.25, -0.2) is 14.7 Å². The van der Waals surface area contributed by atoms with Crippen molar-refractivity contribution in [3.63, 3.8) is 0 Å². The summed E-state index contributed by atoms with van der Waals surface area (Å²) < 4.78 is 10.2. The Kier molecular flexibility index (Phi) is 3.53. The normalized spacial score (nSPS) is 10.4. The van der Waals surface area contributed by atoms with Crippen molar-refractivity contribution in [3.8, 4) is 0 Å². The van der Waals surface area contributed by atoms with Crippen molar-refractivity contribution in [1.29, 1.82) is 0 Å². The summed E-state index contributed by atoms with van der Waals surface area (Å²) in [6, 6.07) is 0. The Morgan fingerprint density at radius 3 is 2.81 bits per heavy atom. The van der Waals surface area contributed by atoms with Gasteiger partial charge in [0.1, 0.15) is 5.60 Å². The second-order valence-electron chi connectivity index (χ2n) is 4.02. The van der Waals surface area contributed by atoms with Gasteiger partial charge in [0.15, 0.2) is 6.39 Å². The highest BCUT2D eigenvalue weighted by molar-refractivity contribution is 5.87. The van der Waals surface area contributed by atoms with E-state index in [9.17, 15) is 4.79 Å². The second-order valence-corrected chi connectivity index (χ2v) is 4.02. The number of hydrogen-bond donors (Lipinski definition) is 0. The second kappa shape index (κ2) is 4.68. The molecule has 0 radical (unpaired) electrons. The smallest absolute Gasteiger partial charge is 0.421 e. The summed E-state index contributed by atoms with van der Waals surface area (Å²) >= 11 is 0. The van der Waals surface area contributed by atoms with Gasteiger partial charge < -0.3 is 9.15 Å². The molecule has 5 nitrogen and oxygen atoms in total. The van der Waals surface area contributed by atoms with E-state index in [1.807, 2.05) is 0 Å². The van der Waals surface area contributed by atoms with Gasteiger partial charge in [-0.3, -0.25) is 0 Å². The van der Waals surface area contributed by atoms with Crippen LogP contribution in [0.2, 0.25) is 0 Å². The predicted molar refractivity (Wildman–Crippen MR) is 58.9 cm³/mol. The number of hydrogen-bond acceptors (Lipinski definition) is 4. The molecule has 0 aromatic carbocycles. The van der Waals surface area contributed by atoms with Crippen molar-refractivity contribution in [2.75, 3.05) is 4.90 Å². The Morgan fingerprint density at radius 2 is 2.38 bits per heavy atom. The molecule has 0 saturated heterocycles. The largest absolute Gasteiger partial charge is 0.443 e. The summed E-state index contributed by atoms with van der Waals surface area (Å²) in [5, 5.41) is 0. The van der Waals surface area contributed by atoms with Crippen LogP contribution in [-0.4, -0.2) is 16.7 Å². The molecule has 0 aliphatic rings. The van der Waals surface area contributed by atoms with E-state index in [1.54, 1.807) is 20.8 Å². The van der Waals surface area contributed by atoms with Gasteiger partial charge in [-0.05, 0) is 20.8 Å². The quantitative estimate of drug-likeness (QED) is 0.722. The highest BCUT2D eigenvalue weighted by Gasteiger charge is 2.23. The molecular formula is C11H14N2O3. The minimum atomic E-state index is -0.579. The first-order chi connectivity index (χ1) is 7.44. The Morgan fingerprint density at radius 1 is 1.69 bits per heavy atom. The van der Waals surface area contributed by atoms with Crippen LogP contribution in [0.25, 0.3) is 0 Å². The number of rotatable bonds is 2. The van der Waals surface area contributed by atoms with E-state index in [0.29, 0.717) is 0 Å². The Hall–Kier alpha value is -2.00. The molecular weight excluding hydrogens is 208 g/mol. The molecule has 1 aromatic heterocycles. The highest BCUT2D eigenvalue weighted by atomic mass is 16.6. The van der Waals surface area contributed by atoms with Gasteiger partial charge in [0.25, 0.3) is 0 Å². The lowest BCUT2D eigenvalue weighted by Gasteiger charge is -2.22. The van der Waals surface area contributed by atoms with E-state index in [1.165, 1.54) is 18.8 Å². The Bertz CT molecular complexity index is 397. The molecule has 0 saturated carbocycles. The first kappa shape index (κ1) is 12.1. The van der Waals surface area contributed by atoms with E-state index in [-0.39, 0.29) is 5.88 Å². The molecule has 1 heterocycles. The maximum atomic E-state index is 11.8. The molecule has 0 unspecified atom stereocenters.